The predicted octanol–water partition coefficient (Wildman–Crippen LogP) is 5.16. The van der Waals surface area contributed by atoms with Gasteiger partial charge in [0.15, 0.2) is 11.5 Å². The summed E-state index contributed by atoms with van der Waals surface area (Å²) >= 11 is 0. The molecule has 326 valence electrons. The molecule has 17 heteroatoms. The van der Waals surface area contributed by atoms with Gasteiger partial charge in [-0.2, -0.15) is 4.98 Å². The lowest BCUT2D eigenvalue weighted by Crippen LogP contribution is -2.53. The number of carbonyl (C=O) groups is 2. The summed E-state index contributed by atoms with van der Waals surface area (Å²) in [6.45, 7) is 8.49. The molecule has 3 fully saturated rings. The van der Waals surface area contributed by atoms with Crippen molar-refractivity contribution in [2.75, 3.05) is 66.2 Å². The largest absolute Gasteiger partial charge is 0.384 e. The zero-order chi connectivity index (χ0) is 43.2. The van der Waals surface area contributed by atoms with E-state index in [-0.39, 0.29) is 17.9 Å². The number of rotatable bonds is 12. The lowest BCUT2D eigenvalue weighted by atomic mass is 9.92. The molecule has 3 saturated heterocycles. The molecule has 0 spiro atoms. The molecule has 2 aromatic carbocycles. The second-order valence-electron chi connectivity index (χ2n) is 17.1. The fourth-order valence-corrected chi connectivity index (χ4v) is 9.38. The number of nitrogens with zero attached hydrogens (tertiary/aromatic N) is 8. The molecule has 1 aliphatic carbocycles. The number of aromatic nitrogens is 5. The fraction of sp³-hybridized carbons (Fsp3) is 0.467. The van der Waals surface area contributed by atoms with E-state index in [0.29, 0.717) is 98.2 Å². The number of amides is 2. The summed E-state index contributed by atoms with van der Waals surface area (Å²) in [5.74, 6) is -0.305. The van der Waals surface area contributed by atoms with Crippen LogP contribution in [-0.2, 0) is 28.2 Å². The Balaban J connectivity index is 0.795. The molecule has 62 heavy (non-hydrogen) atoms. The molecule has 6 heterocycles. The van der Waals surface area contributed by atoms with E-state index >= 15 is 8.78 Å². The van der Waals surface area contributed by atoms with Crippen LogP contribution in [-0.4, -0.2) is 104 Å². The minimum atomic E-state index is -1.37. The number of aryl methyl sites for hydroxylation is 1. The standard InChI is InChI=1S/C45H53F2N11O4/c1-3-19-57-42(61)33-27-48-43(53-40(33)58(57)37-13-5-29-15-16-45(62,4-2)39(29)51-37)50-30-6-9-32(10-7-30)55-24-22-54(23-25-55)28-44(47)17-20-56(21-18-44)36-12-8-31(26-34(36)46)49-35-11-14-38(59)52-41(35)60/h5-10,12-13,26-27,35,49,62H,3-4,11,14-25,28H2,1-2H3,(H,48,50,53)(H,52,59,60)/t35?,45-/m1/s1. The maximum atomic E-state index is 16.2. The highest BCUT2D eigenvalue weighted by Crippen LogP contribution is 2.39. The molecular weight excluding hydrogens is 797 g/mol. The number of fused-ring (bicyclic) bond motifs is 2. The van der Waals surface area contributed by atoms with Gasteiger partial charge in [-0.05, 0) is 86.2 Å². The molecule has 4 aliphatic rings. The van der Waals surface area contributed by atoms with Crippen LogP contribution in [0.4, 0.5) is 37.5 Å². The lowest BCUT2D eigenvalue weighted by Gasteiger charge is -2.43. The number of carbonyl (C=O) groups excluding carboxylic acids is 2. The Morgan fingerprint density at radius 3 is 2.35 bits per heavy atom. The normalized spacial score (nSPS) is 21.6. The molecule has 3 aliphatic heterocycles. The van der Waals surface area contributed by atoms with Crippen LogP contribution in [0.25, 0.3) is 16.9 Å². The van der Waals surface area contributed by atoms with Crippen molar-refractivity contribution in [1.29, 1.82) is 0 Å². The summed E-state index contributed by atoms with van der Waals surface area (Å²) in [6, 6.07) is 16.0. The number of anilines is 5. The number of imide groups is 1. The van der Waals surface area contributed by atoms with E-state index in [1.807, 2.05) is 55.1 Å². The van der Waals surface area contributed by atoms with Gasteiger partial charge in [0.1, 0.15) is 28.5 Å². The van der Waals surface area contributed by atoms with Gasteiger partial charge in [-0.15, -0.1) is 0 Å². The van der Waals surface area contributed by atoms with Crippen molar-refractivity contribution < 1.29 is 23.5 Å². The first-order valence-electron chi connectivity index (χ1n) is 21.8. The van der Waals surface area contributed by atoms with E-state index in [0.717, 1.165) is 56.0 Å². The SMILES string of the molecule is CCCn1c(=O)c2cnc(Nc3ccc(N4CCN(CC5(F)CCN(c6ccc(NC7CCC(=O)NC7=O)cc6F)CC5)CC4)cc3)nc2n1-c1ccc2c(n1)[C@@](O)(CC)CC2. The van der Waals surface area contributed by atoms with Gasteiger partial charge in [-0.1, -0.05) is 19.9 Å². The van der Waals surface area contributed by atoms with Crippen molar-refractivity contribution in [2.45, 2.75) is 89.1 Å². The third-order valence-corrected chi connectivity index (χ3v) is 13.0. The number of benzene rings is 2. The number of halogens is 2. The number of nitrogens with one attached hydrogen (secondary N) is 3. The van der Waals surface area contributed by atoms with Crippen LogP contribution in [0.3, 0.4) is 0 Å². The van der Waals surface area contributed by atoms with Crippen LogP contribution in [0, 0.1) is 5.82 Å². The van der Waals surface area contributed by atoms with Gasteiger partial charge < -0.3 is 25.5 Å². The molecule has 2 atom stereocenters. The highest BCUT2D eigenvalue weighted by molar-refractivity contribution is 6.01. The van der Waals surface area contributed by atoms with Crippen molar-refractivity contribution >= 4 is 51.5 Å². The first-order chi connectivity index (χ1) is 29.9. The first kappa shape index (κ1) is 41.4. The van der Waals surface area contributed by atoms with Gasteiger partial charge >= 0.3 is 0 Å². The maximum Gasteiger partial charge on any atom is 0.278 e. The molecule has 9 rings (SSSR count). The Morgan fingerprint density at radius 1 is 0.887 bits per heavy atom. The summed E-state index contributed by atoms with van der Waals surface area (Å²) in [7, 11) is 0. The molecule has 15 nitrogen and oxygen atoms in total. The zero-order valence-corrected chi connectivity index (χ0v) is 35.2. The average Bonchev–Trinajstić information content (AvgIpc) is 3.75. The van der Waals surface area contributed by atoms with Gasteiger partial charge in [-0.3, -0.25) is 24.6 Å². The van der Waals surface area contributed by atoms with Crippen molar-refractivity contribution in [3.05, 3.63) is 88.2 Å². The number of hydrogen-bond acceptors (Lipinski definition) is 12. The molecule has 1 unspecified atom stereocenters. The number of hydrogen-bond donors (Lipinski definition) is 4. The van der Waals surface area contributed by atoms with Crippen LogP contribution in [0.15, 0.2) is 65.6 Å². The average molecular weight is 850 g/mol. The van der Waals surface area contributed by atoms with Crippen molar-refractivity contribution in [3.8, 4) is 5.82 Å². The lowest BCUT2D eigenvalue weighted by molar-refractivity contribution is -0.133. The maximum absolute atomic E-state index is 16.2. The van der Waals surface area contributed by atoms with Crippen LogP contribution in [0.5, 0.6) is 0 Å². The minimum absolute atomic E-state index is 0.197. The number of piperidine rings is 2. The van der Waals surface area contributed by atoms with Gasteiger partial charge in [0.25, 0.3) is 5.56 Å². The van der Waals surface area contributed by atoms with Gasteiger partial charge in [0.2, 0.25) is 17.8 Å². The molecule has 3 aromatic heterocycles. The van der Waals surface area contributed by atoms with Gasteiger partial charge in [0, 0.05) is 94.9 Å². The summed E-state index contributed by atoms with van der Waals surface area (Å²) in [4.78, 5) is 57.7. The second-order valence-corrected chi connectivity index (χ2v) is 17.1. The van der Waals surface area contributed by atoms with Crippen molar-refractivity contribution in [3.63, 3.8) is 0 Å². The van der Waals surface area contributed by atoms with Gasteiger partial charge in [-0.25, -0.2) is 28.1 Å². The smallest absolute Gasteiger partial charge is 0.278 e. The molecule has 4 N–H and O–H groups in total. The molecular formula is C45H53F2N11O4. The Bertz CT molecular complexity index is 2550. The van der Waals surface area contributed by atoms with E-state index in [4.69, 9.17) is 9.97 Å². The summed E-state index contributed by atoms with van der Waals surface area (Å²) < 4.78 is 34.9. The number of pyridine rings is 1. The number of aliphatic hydroxyl groups is 1. The highest BCUT2D eigenvalue weighted by Gasteiger charge is 2.39. The van der Waals surface area contributed by atoms with Crippen molar-refractivity contribution in [1.82, 2.24) is 34.5 Å². The summed E-state index contributed by atoms with van der Waals surface area (Å²) in [5.41, 5.74) is 2.25. The molecule has 0 saturated carbocycles. The van der Waals surface area contributed by atoms with Gasteiger partial charge in [0.05, 0.1) is 11.4 Å². The van der Waals surface area contributed by atoms with Crippen LogP contribution >= 0.6 is 0 Å². The Labute approximate surface area is 358 Å². The Kier molecular flexibility index (Phi) is 11.2. The topological polar surface area (TPSA) is 166 Å². The quantitative estimate of drug-likeness (QED) is 0.122. The fourth-order valence-electron chi connectivity index (χ4n) is 9.38. The van der Waals surface area contributed by atoms with Crippen LogP contribution < -0.4 is 31.3 Å². The molecule has 0 radical (unpaired) electrons. The van der Waals surface area contributed by atoms with Crippen LogP contribution in [0.1, 0.15) is 70.1 Å². The van der Waals surface area contributed by atoms with Crippen LogP contribution in [0.2, 0.25) is 0 Å². The Morgan fingerprint density at radius 2 is 1.65 bits per heavy atom. The third kappa shape index (κ3) is 8.10. The predicted molar refractivity (Wildman–Crippen MR) is 234 cm³/mol. The number of piperazine rings is 1. The molecule has 5 aromatic rings. The van der Waals surface area contributed by atoms with E-state index < -0.39 is 29.0 Å². The monoisotopic (exact) mass is 849 g/mol. The van der Waals surface area contributed by atoms with E-state index in [2.05, 4.69) is 30.7 Å². The summed E-state index contributed by atoms with van der Waals surface area (Å²) in [6.07, 6.45) is 5.38. The minimum Gasteiger partial charge on any atom is -0.384 e. The molecule has 2 amide bonds. The van der Waals surface area contributed by atoms with E-state index in [1.54, 1.807) is 27.7 Å². The molecule has 0 bridgehead atoms. The highest BCUT2D eigenvalue weighted by atomic mass is 19.1. The summed E-state index contributed by atoms with van der Waals surface area (Å²) in [5, 5.41) is 20.3. The zero-order valence-electron chi connectivity index (χ0n) is 35.2. The third-order valence-electron chi connectivity index (χ3n) is 13.0. The van der Waals surface area contributed by atoms with E-state index in [1.165, 1.54) is 6.07 Å². The Hall–Kier alpha value is -5.94. The van der Waals surface area contributed by atoms with Crippen molar-refractivity contribution in [2.24, 2.45) is 0 Å². The number of alkyl halides is 1. The second kappa shape index (κ2) is 16.7. The van der Waals surface area contributed by atoms with E-state index in [9.17, 15) is 19.5 Å². The first-order valence-corrected chi connectivity index (χ1v) is 21.8.